The van der Waals surface area contributed by atoms with E-state index < -0.39 is 6.03 Å². The zero-order valence-electron chi connectivity index (χ0n) is 16.3. The molecule has 29 heavy (non-hydrogen) atoms. The lowest BCUT2D eigenvalue weighted by molar-refractivity contribution is 0.248. The Balaban J connectivity index is 2.05. The van der Waals surface area contributed by atoms with Crippen LogP contribution in [0.15, 0.2) is 52.9 Å². The molecule has 2 heterocycles. The minimum absolute atomic E-state index is 0.356. The van der Waals surface area contributed by atoms with Crippen LogP contribution in [0.4, 0.5) is 16.3 Å². The Morgan fingerprint density at radius 2 is 2.07 bits per heavy atom. The largest absolute Gasteiger partial charge is 0.386 e. The molecule has 0 saturated heterocycles. The fourth-order valence-electron chi connectivity index (χ4n) is 3.26. The number of benzene rings is 1. The molecule has 1 aromatic heterocycles. The number of nitrogens with zero attached hydrogens (tertiary/aromatic N) is 2. The maximum atomic E-state index is 12.7. The van der Waals surface area contributed by atoms with E-state index in [1.54, 1.807) is 13.1 Å². The lowest BCUT2D eigenvalue weighted by atomic mass is 10.0. The van der Waals surface area contributed by atoms with E-state index in [9.17, 15) is 4.79 Å². The summed E-state index contributed by atoms with van der Waals surface area (Å²) in [4.78, 5) is 17.2. The molecule has 6 N–H and O–H groups in total. The molecule has 2 bridgehead atoms. The number of urea groups is 1. The molecule has 9 heteroatoms. The monoisotopic (exact) mass is 392 g/mol. The summed E-state index contributed by atoms with van der Waals surface area (Å²) in [5, 5.41) is 23.4. The van der Waals surface area contributed by atoms with Crippen molar-refractivity contribution < 1.29 is 4.79 Å². The second kappa shape index (κ2) is 8.96. The van der Waals surface area contributed by atoms with E-state index in [0.29, 0.717) is 41.4 Å². The van der Waals surface area contributed by atoms with Gasteiger partial charge in [0.2, 0.25) is 0 Å². The van der Waals surface area contributed by atoms with Crippen molar-refractivity contribution in [2.24, 2.45) is 5.11 Å². The molecular formula is C20H24N8O. The number of allylic oxidation sites excluding steroid dienone is 1. The van der Waals surface area contributed by atoms with Gasteiger partial charge in [0.25, 0.3) is 0 Å². The molecule has 0 spiro atoms. The Morgan fingerprint density at radius 1 is 1.31 bits per heavy atom. The summed E-state index contributed by atoms with van der Waals surface area (Å²) >= 11 is 0. The van der Waals surface area contributed by atoms with Crippen molar-refractivity contribution in [3.63, 3.8) is 0 Å². The average Bonchev–Trinajstić information content (AvgIpc) is 2.74. The van der Waals surface area contributed by atoms with Gasteiger partial charge in [0.15, 0.2) is 0 Å². The molecule has 0 saturated carbocycles. The Labute approximate surface area is 169 Å². The van der Waals surface area contributed by atoms with E-state index in [2.05, 4.69) is 31.4 Å². The molecule has 0 radical (unpaired) electrons. The van der Waals surface area contributed by atoms with Gasteiger partial charge in [-0.15, -0.1) is 0 Å². The van der Waals surface area contributed by atoms with Gasteiger partial charge < -0.3 is 21.4 Å². The molecule has 2 amide bonds. The normalized spacial score (nSPS) is 19.5. The Kier molecular flexibility index (Phi) is 6.18. The van der Waals surface area contributed by atoms with Crippen LogP contribution in [0.2, 0.25) is 0 Å². The maximum Gasteiger partial charge on any atom is 0.320 e. The highest BCUT2D eigenvalue weighted by Gasteiger charge is 2.20. The molecule has 3 rings (SSSR count). The fraction of sp³-hybridized carbons (Fsp3) is 0.250. The number of amides is 2. The number of hydrogen-bond donors (Lipinski definition) is 6. The molecule has 1 aliphatic rings. The smallest absolute Gasteiger partial charge is 0.320 e. The number of rotatable bonds is 4. The first-order chi connectivity index (χ1) is 14.0. The van der Waals surface area contributed by atoms with Crippen LogP contribution in [0.1, 0.15) is 36.2 Å². The number of carbonyl (C=O) groups is 1. The van der Waals surface area contributed by atoms with Crippen LogP contribution < -0.4 is 21.3 Å². The first-order valence-electron chi connectivity index (χ1n) is 9.21. The van der Waals surface area contributed by atoms with Crippen molar-refractivity contribution in [2.45, 2.75) is 25.9 Å². The third-order valence-electron chi connectivity index (χ3n) is 4.77. The van der Waals surface area contributed by atoms with Gasteiger partial charge >= 0.3 is 6.03 Å². The third kappa shape index (κ3) is 4.57. The van der Waals surface area contributed by atoms with Crippen LogP contribution in [-0.4, -0.2) is 24.3 Å². The summed E-state index contributed by atoms with van der Waals surface area (Å²) in [7, 11) is 1.76. The lowest BCUT2D eigenvalue weighted by Crippen LogP contribution is -2.34. The van der Waals surface area contributed by atoms with E-state index in [1.165, 1.54) is 6.21 Å². The highest BCUT2D eigenvalue weighted by Crippen LogP contribution is 2.26. The molecule has 150 valence electrons. The van der Waals surface area contributed by atoms with Gasteiger partial charge in [0.1, 0.15) is 5.82 Å². The van der Waals surface area contributed by atoms with E-state index in [-0.39, 0.29) is 6.04 Å². The molecule has 9 nitrogen and oxygen atoms in total. The predicted octanol–water partition coefficient (Wildman–Crippen LogP) is 3.74. The van der Waals surface area contributed by atoms with Gasteiger partial charge in [-0.1, -0.05) is 30.3 Å². The SMILES string of the molecule is CNc1c(C=N)cc2nc1CN/C(C)=C(\N=N)CC(c1ccccc1)NC(=O)N2. The minimum Gasteiger partial charge on any atom is -0.386 e. The van der Waals surface area contributed by atoms with Crippen molar-refractivity contribution in [1.82, 2.24) is 15.6 Å². The minimum atomic E-state index is -0.416. The summed E-state index contributed by atoms with van der Waals surface area (Å²) < 4.78 is 0. The van der Waals surface area contributed by atoms with E-state index in [0.717, 1.165) is 11.3 Å². The Morgan fingerprint density at radius 3 is 2.72 bits per heavy atom. The number of aromatic nitrogens is 1. The van der Waals surface area contributed by atoms with Gasteiger partial charge in [0.05, 0.1) is 29.7 Å². The van der Waals surface area contributed by atoms with Crippen LogP contribution in [0.5, 0.6) is 0 Å². The molecule has 1 atom stereocenters. The molecule has 0 fully saturated rings. The predicted molar refractivity (Wildman–Crippen MR) is 112 cm³/mol. The average molecular weight is 392 g/mol. The summed E-state index contributed by atoms with van der Waals surface area (Å²) in [6, 6.07) is 10.4. The van der Waals surface area contributed by atoms with Crippen LogP contribution in [0.25, 0.3) is 0 Å². The van der Waals surface area contributed by atoms with E-state index in [4.69, 9.17) is 10.9 Å². The highest BCUT2D eigenvalue weighted by atomic mass is 16.2. The lowest BCUT2D eigenvalue weighted by Gasteiger charge is -2.22. The zero-order valence-corrected chi connectivity index (χ0v) is 16.3. The van der Waals surface area contributed by atoms with Crippen molar-refractivity contribution in [1.29, 1.82) is 10.9 Å². The first kappa shape index (κ1) is 20.0. The molecule has 1 aliphatic heterocycles. The highest BCUT2D eigenvalue weighted by molar-refractivity contribution is 5.92. The van der Waals surface area contributed by atoms with Crippen molar-refractivity contribution >= 4 is 23.8 Å². The van der Waals surface area contributed by atoms with Crippen LogP contribution in [0.3, 0.4) is 0 Å². The summed E-state index contributed by atoms with van der Waals surface area (Å²) in [6.07, 6.45) is 1.58. The van der Waals surface area contributed by atoms with Gasteiger partial charge in [0, 0.05) is 30.9 Å². The second-order valence-electron chi connectivity index (χ2n) is 6.62. The number of fused-ring (bicyclic) bond motifs is 2. The van der Waals surface area contributed by atoms with Crippen LogP contribution >= 0.6 is 0 Å². The number of pyridine rings is 1. The Hall–Kier alpha value is -3.75. The number of nitrogens with one attached hydrogen (secondary N) is 6. The van der Waals surface area contributed by atoms with Gasteiger partial charge in [-0.25, -0.2) is 15.3 Å². The number of anilines is 2. The molecule has 1 unspecified atom stereocenters. The summed E-state index contributed by atoms with van der Waals surface area (Å²) in [5.41, 5.74) is 11.7. The number of hydrogen-bond acceptors (Lipinski definition) is 7. The fourth-order valence-corrected chi connectivity index (χ4v) is 3.26. The van der Waals surface area contributed by atoms with Gasteiger partial charge in [-0.2, -0.15) is 5.11 Å². The third-order valence-corrected chi connectivity index (χ3v) is 4.77. The first-order valence-corrected chi connectivity index (χ1v) is 9.21. The quantitative estimate of drug-likeness (QED) is 0.348. The second-order valence-corrected chi connectivity index (χ2v) is 6.62. The molecular weight excluding hydrogens is 368 g/mol. The summed E-state index contributed by atoms with van der Waals surface area (Å²) in [6.45, 7) is 2.21. The number of carbonyl (C=O) groups excluding carboxylic acids is 1. The van der Waals surface area contributed by atoms with Crippen molar-refractivity contribution in [3.8, 4) is 0 Å². The van der Waals surface area contributed by atoms with Crippen molar-refractivity contribution in [2.75, 3.05) is 17.7 Å². The van der Waals surface area contributed by atoms with E-state index >= 15 is 0 Å². The van der Waals surface area contributed by atoms with E-state index in [1.807, 2.05) is 37.3 Å². The standard InChI is InChI=1S/C20H24N8O/c1-12-15(28-22)9-16(13-6-4-3-5-7-13)26-20(29)27-18-8-14(10-21)19(23-2)17(25-18)11-24-12/h3-8,10,16,21-24H,9,11H2,1-2H3,(H2,25,26,27,29)/b15-12-,21-10?,28-22?. The molecule has 2 aromatic rings. The molecule has 1 aromatic carbocycles. The van der Waals surface area contributed by atoms with Gasteiger partial charge in [-0.3, -0.25) is 5.32 Å². The zero-order chi connectivity index (χ0) is 20.8. The molecule has 0 aliphatic carbocycles. The topological polar surface area (TPSA) is 138 Å². The maximum absolute atomic E-state index is 12.7. The van der Waals surface area contributed by atoms with Crippen molar-refractivity contribution in [3.05, 3.63) is 64.6 Å². The van der Waals surface area contributed by atoms with Crippen LogP contribution in [0, 0.1) is 10.9 Å². The van der Waals surface area contributed by atoms with Gasteiger partial charge in [-0.05, 0) is 18.6 Å². The summed E-state index contributed by atoms with van der Waals surface area (Å²) in [5.74, 6) is 0.358. The Bertz CT molecular complexity index is 954. The van der Waals surface area contributed by atoms with Crippen LogP contribution in [-0.2, 0) is 6.54 Å².